The number of aryl methyl sites for hydroxylation is 1. The van der Waals surface area contributed by atoms with Crippen LogP contribution in [0.1, 0.15) is 0 Å². The van der Waals surface area contributed by atoms with Crippen molar-refractivity contribution >= 4 is 11.6 Å². The lowest BCUT2D eigenvalue weighted by molar-refractivity contribution is 0.475. The molecule has 0 aliphatic heterocycles. The third-order valence-electron chi connectivity index (χ3n) is 1.84. The minimum Gasteiger partial charge on any atom is -0.508 e. The van der Waals surface area contributed by atoms with Gasteiger partial charge in [0.25, 0.3) is 0 Å². The van der Waals surface area contributed by atoms with E-state index < -0.39 is 0 Å². The lowest BCUT2D eigenvalue weighted by Crippen LogP contribution is -1.93. The van der Waals surface area contributed by atoms with E-state index >= 15 is 0 Å². The summed E-state index contributed by atoms with van der Waals surface area (Å²) >= 11 is 5.65. The Bertz CT molecular complexity index is 467. The summed E-state index contributed by atoms with van der Waals surface area (Å²) in [5.74, 6) is 0.826. The monoisotopic (exact) mass is 209 g/mol. The maximum atomic E-state index is 9.28. The molecule has 0 aliphatic carbocycles. The number of nitrogens with zero attached hydrogens (tertiary/aromatic N) is 3. The van der Waals surface area contributed by atoms with Crippen LogP contribution in [-0.4, -0.2) is 19.9 Å². The predicted molar refractivity (Wildman–Crippen MR) is 53.1 cm³/mol. The molecule has 0 saturated heterocycles. The zero-order valence-corrected chi connectivity index (χ0v) is 8.23. The molecule has 14 heavy (non-hydrogen) atoms. The van der Waals surface area contributed by atoms with Crippen molar-refractivity contribution in [3.63, 3.8) is 0 Å². The van der Waals surface area contributed by atoms with Crippen LogP contribution in [0.2, 0.25) is 5.28 Å². The fraction of sp³-hybridized carbons (Fsp3) is 0.111. The van der Waals surface area contributed by atoms with Gasteiger partial charge in [0, 0.05) is 12.6 Å². The molecule has 1 aromatic carbocycles. The molecule has 2 aromatic rings. The first kappa shape index (κ1) is 9.02. The van der Waals surface area contributed by atoms with Gasteiger partial charge in [-0.2, -0.15) is 4.98 Å². The topological polar surface area (TPSA) is 50.9 Å². The molecular formula is C9H8ClN3O. The number of hydrogen-bond donors (Lipinski definition) is 1. The van der Waals surface area contributed by atoms with E-state index in [1.54, 1.807) is 29.9 Å². The number of rotatable bonds is 1. The van der Waals surface area contributed by atoms with Gasteiger partial charge in [-0.25, -0.2) is 4.68 Å². The van der Waals surface area contributed by atoms with Gasteiger partial charge in [0.2, 0.25) is 5.28 Å². The van der Waals surface area contributed by atoms with Crippen molar-refractivity contribution in [1.82, 2.24) is 14.8 Å². The molecule has 0 aliphatic rings. The second kappa shape index (κ2) is 3.31. The average Bonchev–Trinajstić information content (AvgIpc) is 2.45. The van der Waals surface area contributed by atoms with E-state index in [1.165, 1.54) is 0 Å². The van der Waals surface area contributed by atoms with Gasteiger partial charge in [-0.15, -0.1) is 5.10 Å². The van der Waals surface area contributed by atoms with E-state index in [2.05, 4.69) is 10.1 Å². The van der Waals surface area contributed by atoms with Gasteiger partial charge in [0.15, 0.2) is 5.82 Å². The molecule has 1 aromatic heterocycles. The van der Waals surface area contributed by atoms with Crippen LogP contribution in [0.5, 0.6) is 5.75 Å². The fourth-order valence-electron chi connectivity index (χ4n) is 1.25. The van der Waals surface area contributed by atoms with Crippen LogP contribution >= 0.6 is 11.6 Å². The van der Waals surface area contributed by atoms with Crippen LogP contribution < -0.4 is 0 Å². The Kier molecular flexibility index (Phi) is 2.13. The van der Waals surface area contributed by atoms with Crippen molar-refractivity contribution in [2.75, 3.05) is 0 Å². The van der Waals surface area contributed by atoms with Crippen molar-refractivity contribution in [3.05, 3.63) is 29.5 Å². The van der Waals surface area contributed by atoms with Crippen LogP contribution in [-0.2, 0) is 7.05 Å². The van der Waals surface area contributed by atoms with Crippen molar-refractivity contribution in [2.24, 2.45) is 7.05 Å². The summed E-state index contributed by atoms with van der Waals surface area (Å²) in [6.45, 7) is 0. The first-order valence-corrected chi connectivity index (χ1v) is 4.40. The van der Waals surface area contributed by atoms with Crippen LogP contribution in [0.3, 0.4) is 0 Å². The zero-order valence-electron chi connectivity index (χ0n) is 7.48. The summed E-state index contributed by atoms with van der Waals surface area (Å²) < 4.78 is 1.57. The van der Waals surface area contributed by atoms with Crippen LogP contribution in [0, 0.1) is 0 Å². The molecule has 5 heteroatoms. The number of aromatic hydroxyl groups is 1. The van der Waals surface area contributed by atoms with Crippen molar-refractivity contribution in [1.29, 1.82) is 0 Å². The summed E-state index contributed by atoms with van der Waals surface area (Å²) in [5, 5.41) is 13.4. The second-order valence-corrected chi connectivity index (χ2v) is 3.22. The van der Waals surface area contributed by atoms with Gasteiger partial charge >= 0.3 is 0 Å². The first-order chi connectivity index (χ1) is 6.66. The first-order valence-electron chi connectivity index (χ1n) is 4.03. The minimum absolute atomic E-state index is 0.196. The van der Waals surface area contributed by atoms with E-state index in [0.717, 1.165) is 5.56 Å². The average molecular weight is 210 g/mol. The number of aromatic nitrogens is 3. The largest absolute Gasteiger partial charge is 0.508 e. The van der Waals surface area contributed by atoms with E-state index in [9.17, 15) is 5.11 Å². The van der Waals surface area contributed by atoms with Gasteiger partial charge in [-0.05, 0) is 23.7 Å². The number of halogens is 1. The Morgan fingerprint density at radius 1 is 1.43 bits per heavy atom. The van der Waals surface area contributed by atoms with Gasteiger partial charge in [-0.3, -0.25) is 0 Å². The Morgan fingerprint density at radius 3 is 2.79 bits per heavy atom. The molecule has 0 unspecified atom stereocenters. The number of phenolic OH excluding ortho intramolecular Hbond substituents is 1. The standard InChI is InChI=1S/C9H8ClN3O/c1-13-8(11-9(10)12-13)6-3-2-4-7(14)5-6/h2-5,14H,1H3. The Hall–Kier alpha value is -1.55. The van der Waals surface area contributed by atoms with E-state index in [4.69, 9.17) is 11.6 Å². The maximum absolute atomic E-state index is 9.28. The minimum atomic E-state index is 0.196. The van der Waals surface area contributed by atoms with Crippen LogP contribution in [0.25, 0.3) is 11.4 Å². The van der Waals surface area contributed by atoms with Gasteiger partial charge in [0.05, 0.1) is 0 Å². The SMILES string of the molecule is Cn1nc(Cl)nc1-c1cccc(O)c1. The van der Waals surface area contributed by atoms with Gasteiger partial charge in [-0.1, -0.05) is 12.1 Å². The summed E-state index contributed by atoms with van der Waals surface area (Å²) in [6, 6.07) is 6.79. The molecule has 72 valence electrons. The van der Waals surface area contributed by atoms with Gasteiger partial charge < -0.3 is 5.11 Å². The lowest BCUT2D eigenvalue weighted by atomic mass is 10.2. The van der Waals surface area contributed by atoms with Crippen molar-refractivity contribution in [2.45, 2.75) is 0 Å². The molecule has 0 fully saturated rings. The van der Waals surface area contributed by atoms with Crippen LogP contribution in [0.4, 0.5) is 0 Å². The molecule has 0 radical (unpaired) electrons. The van der Waals surface area contributed by atoms with E-state index in [0.29, 0.717) is 5.82 Å². The highest BCUT2D eigenvalue weighted by molar-refractivity contribution is 6.28. The summed E-state index contributed by atoms with van der Waals surface area (Å²) in [7, 11) is 1.75. The summed E-state index contributed by atoms with van der Waals surface area (Å²) in [5.41, 5.74) is 0.784. The highest BCUT2D eigenvalue weighted by Gasteiger charge is 2.07. The third-order valence-corrected chi connectivity index (χ3v) is 2.00. The number of hydrogen-bond acceptors (Lipinski definition) is 3. The van der Waals surface area contributed by atoms with E-state index in [-0.39, 0.29) is 11.0 Å². The quantitative estimate of drug-likeness (QED) is 0.780. The van der Waals surface area contributed by atoms with E-state index in [1.807, 2.05) is 6.07 Å². The predicted octanol–water partition coefficient (Wildman–Crippen LogP) is 1.84. The maximum Gasteiger partial charge on any atom is 0.242 e. The second-order valence-electron chi connectivity index (χ2n) is 2.88. The molecule has 0 amide bonds. The molecule has 1 heterocycles. The third kappa shape index (κ3) is 1.56. The normalized spacial score (nSPS) is 10.4. The van der Waals surface area contributed by atoms with Crippen molar-refractivity contribution in [3.8, 4) is 17.1 Å². The summed E-state index contributed by atoms with van der Waals surface area (Å²) in [4.78, 5) is 4.03. The highest BCUT2D eigenvalue weighted by Crippen LogP contribution is 2.21. The molecule has 0 bridgehead atoms. The van der Waals surface area contributed by atoms with Gasteiger partial charge in [0.1, 0.15) is 5.75 Å². The Labute approximate surface area is 85.8 Å². The number of benzene rings is 1. The molecule has 4 nitrogen and oxygen atoms in total. The smallest absolute Gasteiger partial charge is 0.242 e. The Balaban J connectivity index is 2.54. The Morgan fingerprint density at radius 2 is 2.21 bits per heavy atom. The molecule has 1 N–H and O–H groups in total. The zero-order chi connectivity index (χ0) is 10.1. The van der Waals surface area contributed by atoms with Crippen LogP contribution in [0.15, 0.2) is 24.3 Å². The van der Waals surface area contributed by atoms with Crippen molar-refractivity contribution < 1.29 is 5.11 Å². The number of phenols is 1. The lowest BCUT2D eigenvalue weighted by Gasteiger charge is -1.99. The molecule has 0 atom stereocenters. The molecule has 2 rings (SSSR count). The fourth-order valence-corrected chi connectivity index (χ4v) is 1.44. The molecule has 0 spiro atoms. The highest BCUT2D eigenvalue weighted by atomic mass is 35.5. The summed E-state index contributed by atoms with van der Waals surface area (Å²) in [6.07, 6.45) is 0. The molecular weight excluding hydrogens is 202 g/mol. The molecule has 0 saturated carbocycles.